The molecule has 0 fully saturated rings. The van der Waals surface area contributed by atoms with Crippen LogP contribution in [0.15, 0.2) is 28.7 Å². The van der Waals surface area contributed by atoms with Crippen LogP contribution in [-0.2, 0) is 0 Å². The van der Waals surface area contributed by atoms with E-state index in [0.717, 1.165) is 6.07 Å². The normalized spacial score (nSPS) is 13.1. The average molecular weight is 335 g/mol. The van der Waals surface area contributed by atoms with E-state index in [1.165, 1.54) is 18.2 Å². The lowest BCUT2D eigenvalue weighted by Gasteiger charge is -2.20. The number of hydrogen-bond donors (Lipinski definition) is 3. The Hall–Kier alpha value is -2.34. The highest BCUT2D eigenvalue weighted by atomic mass is 79.9. The van der Waals surface area contributed by atoms with Gasteiger partial charge in [0.2, 0.25) is 5.78 Å². The van der Waals surface area contributed by atoms with Gasteiger partial charge in [-0.25, -0.2) is 0 Å². The van der Waals surface area contributed by atoms with Crippen LogP contribution >= 0.6 is 15.9 Å². The van der Waals surface area contributed by atoms with Gasteiger partial charge in [-0.15, -0.1) is 0 Å². The van der Waals surface area contributed by atoms with Crippen molar-refractivity contribution in [1.29, 1.82) is 0 Å². The van der Waals surface area contributed by atoms with Gasteiger partial charge in [0.25, 0.3) is 0 Å². The summed E-state index contributed by atoms with van der Waals surface area (Å²) >= 11 is 3.00. The molecule has 0 saturated carbocycles. The molecule has 0 atom stereocenters. The highest BCUT2D eigenvalue weighted by molar-refractivity contribution is 9.10. The van der Waals surface area contributed by atoms with Gasteiger partial charge >= 0.3 is 0 Å². The summed E-state index contributed by atoms with van der Waals surface area (Å²) in [5.41, 5.74) is -0.734. The first-order valence-electron chi connectivity index (χ1n) is 5.59. The van der Waals surface area contributed by atoms with Crippen LogP contribution in [0.25, 0.3) is 0 Å². The number of ketones is 2. The van der Waals surface area contributed by atoms with Crippen molar-refractivity contribution in [1.82, 2.24) is 0 Å². The lowest BCUT2D eigenvalue weighted by atomic mass is 9.82. The monoisotopic (exact) mass is 334 g/mol. The Morgan fingerprint density at radius 1 is 0.850 bits per heavy atom. The molecule has 2 aromatic carbocycles. The molecule has 0 unspecified atom stereocenters. The van der Waals surface area contributed by atoms with Crippen molar-refractivity contribution >= 4 is 27.5 Å². The van der Waals surface area contributed by atoms with Gasteiger partial charge in [-0.3, -0.25) is 9.59 Å². The summed E-state index contributed by atoms with van der Waals surface area (Å²) in [5, 5.41) is 29.6. The minimum absolute atomic E-state index is 0.00435. The Kier molecular flexibility index (Phi) is 2.58. The zero-order valence-corrected chi connectivity index (χ0v) is 11.4. The van der Waals surface area contributed by atoms with Crippen LogP contribution in [0.3, 0.4) is 0 Å². The number of phenols is 3. The molecule has 1 aliphatic rings. The van der Waals surface area contributed by atoms with E-state index in [9.17, 15) is 24.9 Å². The van der Waals surface area contributed by atoms with E-state index in [1.807, 2.05) is 0 Å². The molecule has 0 aliphatic heterocycles. The number of carbonyl (C=O) groups is 2. The maximum atomic E-state index is 12.4. The van der Waals surface area contributed by atoms with Crippen LogP contribution in [0, 0.1) is 0 Å². The minimum Gasteiger partial charge on any atom is -0.507 e. The molecule has 0 bridgehead atoms. The highest BCUT2D eigenvalue weighted by Crippen LogP contribution is 2.43. The molecule has 1 aliphatic carbocycles. The summed E-state index contributed by atoms with van der Waals surface area (Å²) < 4.78 is 0.110. The van der Waals surface area contributed by atoms with E-state index in [2.05, 4.69) is 15.9 Å². The van der Waals surface area contributed by atoms with Gasteiger partial charge < -0.3 is 15.3 Å². The number of benzene rings is 2. The lowest BCUT2D eigenvalue weighted by molar-refractivity contribution is 0.0971. The number of rotatable bonds is 0. The van der Waals surface area contributed by atoms with Gasteiger partial charge in [-0.1, -0.05) is 12.1 Å². The van der Waals surface area contributed by atoms with Crippen molar-refractivity contribution in [2.75, 3.05) is 0 Å². The van der Waals surface area contributed by atoms with Gasteiger partial charge in [0, 0.05) is 5.56 Å². The molecule has 0 saturated heterocycles. The number of aromatic hydroxyl groups is 3. The summed E-state index contributed by atoms with van der Waals surface area (Å²) in [4.78, 5) is 24.7. The maximum absolute atomic E-state index is 12.4. The molecule has 0 amide bonds. The summed E-state index contributed by atoms with van der Waals surface area (Å²) in [7, 11) is 0. The predicted octanol–water partition coefficient (Wildman–Crippen LogP) is 2.34. The van der Waals surface area contributed by atoms with E-state index in [1.54, 1.807) is 0 Å². The summed E-state index contributed by atoms with van der Waals surface area (Å²) in [5.74, 6) is -2.51. The smallest absolute Gasteiger partial charge is 0.202 e. The van der Waals surface area contributed by atoms with E-state index >= 15 is 0 Å². The predicted molar refractivity (Wildman–Crippen MR) is 72.4 cm³/mol. The molecule has 0 aromatic heterocycles. The quantitative estimate of drug-likeness (QED) is 0.548. The van der Waals surface area contributed by atoms with Crippen molar-refractivity contribution in [3.63, 3.8) is 0 Å². The Bertz CT molecular complexity index is 795. The SMILES string of the molecule is O=C1c2c(O)cccc2C(=O)c2c(O)c(Br)cc(O)c21. The first-order valence-corrected chi connectivity index (χ1v) is 6.38. The molecule has 100 valence electrons. The Balaban J connectivity index is 2.44. The van der Waals surface area contributed by atoms with Gasteiger partial charge in [0.05, 0.1) is 21.2 Å². The summed E-state index contributed by atoms with van der Waals surface area (Å²) in [6.45, 7) is 0. The fraction of sp³-hybridized carbons (Fsp3) is 0. The van der Waals surface area contributed by atoms with Gasteiger partial charge in [0.15, 0.2) is 5.78 Å². The van der Waals surface area contributed by atoms with E-state index < -0.39 is 23.1 Å². The second-order valence-electron chi connectivity index (χ2n) is 4.33. The summed E-state index contributed by atoms with van der Waals surface area (Å²) in [6, 6.07) is 5.23. The Morgan fingerprint density at radius 3 is 2.25 bits per heavy atom. The van der Waals surface area contributed by atoms with Gasteiger partial charge in [-0.2, -0.15) is 0 Å². The van der Waals surface area contributed by atoms with E-state index in [4.69, 9.17) is 0 Å². The van der Waals surface area contributed by atoms with Crippen molar-refractivity contribution < 1.29 is 24.9 Å². The standard InChI is InChI=1S/C14H7BrO5/c15-6-4-8(17)10-11(13(6)19)12(18)5-2-1-3-7(16)9(5)14(10)20/h1-4,16-17,19H. The fourth-order valence-electron chi connectivity index (χ4n) is 2.31. The van der Waals surface area contributed by atoms with Crippen molar-refractivity contribution in [3.8, 4) is 17.2 Å². The molecular weight excluding hydrogens is 328 g/mol. The molecule has 2 aromatic rings. The number of hydrogen-bond acceptors (Lipinski definition) is 5. The van der Waals surface area contributed by atoms with Crippen LogP contribution in [0.5, 0.6) is 17.2 Å². The van der Waals surface area contributed by atoms with Crippen LogP contribution in [-0.4, -0.2) is 26.9 Å². The molecule has 0 spiro atoms. The Labute approximate surface area is 121 Å². The first kappa shape index (κ1) is 12.7. The van der Waals surface area contributed by atoms with Gasteiger partial charge in [-0.05, 0) is 28.1 Å². The van der Waals surface area contributed by atoms with Gasteiger partial charge in [0.1, 0.15) is 17.2 Å². The molecular formula is C14H7BrO5. The maximum Gasteiger partial charge on any atom is 0.202 e. The summed E-state index contributed by atoms with van der Waals surface area (Å²) in [6.07, 6.45) is 0. The third-order valence-electron chi connectivity index (χ3n) is 3.20. The molecule has 3 rings (SSSR count). The number of halogens is 1. The molecule has 20 heavy (non-hydrogen) atoms. The number of fused-ring (bicyclic) bond motifs is 2. The van der Waals surface area contributed by atoms with Crippen LogP contribution in [0.2, 0.25) is 0 Å². The van der Waals surface area contributed by atoms with Crippen molar-refractivity contribution in [2.45, 2.75) is 0 Å². The highest BCUT2D eigenvalue weighted by Gasteiger charge is 2.36. The van der Waals surface area contributed by atoms with Crippen molar-refractivity contribution in [2.24, 2.45) is 0 Å². The topological polar surface area (TPSA) is 94.8 Å². The van der Waals surface area contributed by atoms with Crippen LogP contribution in [0.4, 0.5) is 0 Å². The Morgan fingerprint density at radius 2 is 1.55 bits per heavy atom. The third kappa shape index (κ3) is 1.48. The molecule has 5 nitrogen and oxygen atoms in total. The molecule has 0 radical (unpaired) electrons. The zero-order valence-electron chi connectivity index (χ0n) is 9.85. The molecule has 0 heterocycles. The minimum atomic E-state index is -0.701. The number of phenolic OH excluding ortho intramolecular Hbond substituents is 3. The van der Waals surface area contributed by atoms with E-state index in [-0.39, 0.29) is 32.5 Å². The fourth-order valence-corrected chi connectivity index (χ4v) is 2.72. The number of carbonyl (C=O) groups excluding carboxylic acids is 2. The lowest BCUT2D eigenvalue weighted by Crippen LogP contribution is -2.21. The zero-order chi connectivity index (χ0) is 14.6. The van der Waals surface area contributed by atoms with E-state index in [0.29, 0.717) is 0 Å². The van der Waals surface area contributed by atoms with Crippen LogP contribution in [0.1, 0.15) is 31.8 Å². The second-order valence-corrected chi connectivity index (χ2v) is 5.19. The molecule has 3 N–H and O–H groups in total. The second kappa shape index (κ2) is 4.08. The third-order valence-corrected chi connectivity index (χ3v) is 3.81. The largest absolute Gasteiger partial charge is 0.507 e. The first-order chi connectivity index (χ1) is 9.43. The van der Waals surface area contributed by atoms with Crippen LogP contribution < -0.4 is 0 Å². The average Bonchev–Trinajstić information content (AvgIpc) is 2.40. The molecule has 6 heteroatoms. The van der Waals surface area contributed by atoms with Crippen molar-refractivity contribution in [3.05, 3.63) is 51.0 Å².